The van der Waals surface area contributed by atoms with Gasteiger partial charge in [-0.3, -0.25) is 0 Å². The molecule has 0 unspecified atom stereocenters. The van der Waals surface area contributed by atoms with Crippen LogP contribution in [0.3, 0.4) is 0 Å². The van der Waals surface area contributed by atoms with Crippen LogP contribution in [0.5, 0.6) is 0 Å². The molecule has 4 rings (SSSR count). The molecule has 2 heterocycles. The van der Waals surface area contributed by atoms with Crippen LogP contribution < -0.4 is 0 Å². The highest BCUT2D eigenvalue weighted by Gasteiger charge is 2.30. The number of thioether (sulfide) groups is 1. The zero-order chi connectivity index (χ0) is 20.3. The Balaban J connectivity index is 1.39. The highest BCUT2D eigenvalue weighted by Crippen LogP contribution is 2.31. The monoisotopic (exact) mass is 418 g/mol. The van der Waals surface area contributed by atoms with Gasteiger partial charge in [-0.25, -0.2) is 0 Å². The van der Waals surface area contributed by atoms with Crippen molar-refractivity contribution in [3.05, 3.63) is 77.5 Å². The molecule has 0 aliphatic heterocycles. The molecule has 0 aliphatic rings. The van der Waals surface area contributed by atoms with Gasteiger partial charge < -0.3 is 8.94 Å². The molecule has 0 radical (unpaired) electrons. The fourth-order valence-corrected chi connectivity index (χ4v) is 3.15. The molecule has 0 N–H and O–H groups in total. The van der Waals surface area contributed by atoms with Crippen molar-refractivity contribution >= 4 is 11.8 Å². The molecule has 0 aliphatic carbocycles. The van der Waals surface area contributed by atoms with Crippen LogP contribution in [0, 0.1) is 0 Å². The number of halogens is 3. The van der Waals surface area contributed by atoms with Crippen LogP contribution in [-0.4, -0.2) is 20.3 Å². The Hall–Kier alpha value is -3.14. The smallest absolute Gasteiger partial charge is 0.416 e. The van der Waals surface area contributed by atoms with Crippen LogP contribution in [-0.2, 0) is 18.3 Å². The van der Waals surface area contributed by atoms with Crippen molar-refractivity contribution in [3.63, 3.8) is 0 Å². The number of rotatable bonds is 6. The van der Waals surface area contributed by atoms with Gasteiger partial charge in [0.15, 0.2) is 0 Å². The highest BCUT2D eigenvalue weighted by atomic mass is 32.2. The zero-order valence-electron chi connectivity index (χ0n) is 14.8. The molecule has 2 aromatic carbocycles. The van der Waals surface area contributed by atoms with Gasteiger partial charge >= 0.3 is 6.18 Å². The predicted molar refractivity (Wildman–Crippen MR) is 97.8 cm³/mol. The van der Waals surface area contributed by atoms with Crippen LogP contribution in [0.15, 0.2) is 68.8 Å². The Morgan fingerprint density at radius 3 is 2.55 bits per heavy atom. The Bertz CT molecular complexity index is 1100. The Kier molecular flexibility index (Phi) is 5.34. The lowest BCUT2D eigenvalue weighted by molar-refractivity contribution is -0.137. The number of alkyl halides is 3. The predicted octanol–water partition coefficient (Wildman–Crippen LogP) is 5.02. The minimum absolute atomic E-state index is 0.0852. The maximum absolute atomic E-state index is 12.8. The maximum Gasteiger partial charge on any atom is 0.416 e. The number of benzene rings is 2. The summed E-state index contributed by atoms with van der Waals surface area (Å²) in [5.41, 5.74) is 0.505. The molecule has 0 atom stereocenters. The maximum atomic E-state index is 12.8. The first-order chi connectivity index (χ1) is 14.0. The van der Waals surface area contributed by atoms with E-state index in [1.165, 1.54) is 23.9 Å². The first-order valence-electron chi connectivity index (χ1n) is 8.47. The number of aromatic nitrogens is 4. The molecular weight excluding hydrogens is 405 g/mol. The average Bonchev–Trinajstić information content (AvgIpc) is 3.36. The summed E-state index contributed by atoms with van der Waals surface area (Å²) in [7, 11) is 0. The largest absolute Gasteiger partial charge is 0.416 e. The summed E-state index contributed by atoms with van der Waals surface area (Å²) in [6.45, 7) is 0. The minimum Gasteiger partial charge on any atom is -0.416 e. The Labute approximate surface area is 167 Å². The van der Waals surface area contributed by atoms with Gasteiger partial charge in [-0.2, -0.15) is 18.2 Å². The van der Waals surface area contributed by atoms with Gasteiger partial charge in [0.25, 0.3) is 5.22 Å². The van der Waals surface area contributed by atoms with E-state index in [9.17, 15) is 13.2 Å². The number of hydrogen-bond acceptors (Lipinski definition) is 7. The summed E-state index contributed by atoms with van der Waals surface area (Å²) in [6.07, 6.45) is -3.91. The van der Waals surface area contributed by atoms with Crippen molar-refractivity contribution in [2.75, 3.05) is 0 Å². The van der Waals surface area contributed by atoms with Gasteiger partial charge in [0, 0.05) is 5.56 Å². The van der Waals surface area contributed by atoms with Crippen molar-refractivity contribution in [1.29, 1.82) is 0 Å². The first-order valence-corrected chi connectivity index (χ1v) is 9.45. The van der Waals surface area contributed by atoms with Gasteiger partial charge in [0.2, 0.25) is 17.6 Å². The second-order valence-electron chi connectivity index (χ2n) is 6.00. The lowest BCUT2D eigenvalue weighted by Crippen LogP contribution is -2.04. The molecule has 0 saturated carbocycles. The third-order valence-electron chi connectivity index (χ3n) is 3.88. The third-order valence-corrected chi connectivity index (χ3v) is 4.69. The highest BCUT2D eigenvalue weighted by molar-refractivity contribution is 7.98. The van der Waals surface area contributed by atoms with Crippen LogP contribution in [0.1, 0.15) is 22.9 Å². The number of hydrogen-bond donors (Lipinski definition) is 0. The van der Waals surface area contributed by atoms with Crippen molar-refractivity contribution in [2.24, 2.45) is 0 Å². The Morgan fingerprint density at radius 2 is 1.76 bits per heavy atom. The average molecular weight is 418 g/mol. The molecule has 4 aromatic rings. The van der Waals surface area contributed by atoms with Crippen molar-refractivity contribution in [1.82, 2.24) is 20.3 Å². The van der Waals surface area contributed by atoms with Crippen LogP contribution in [0.25, 0.3) is 11.4 Å². The molecule has 0 saturated heterocycles. The van der Waals surface area contributed by atoms with Crippen molar-refractivity contribution in [3.8, 4) is 11.4 Å². The van der Waals surface area contributed by atoms with E-state index in [1.807, 2.05) is 30.3 Å². The molecule has 29 heavy (non-hydrogen) atoms. The molecule has 148 valence electrons. The molecule has 0 spiro atoms. The molecule has 10 heteroatoms. The van der Waals surface area contributed by atoms with E-state index in [0.717, 1.165) is 17.7 Å². The van der Waals surface area contributed by atoms with E-state index in [0.29, 0.717) is 17.5 Å². The molecule has 0 bridgehead atoms. The van der Waals surface area contributed by atoms with E-state index in [1.54, 1.807) is 0 Å². The second kappa shape index (κ2) is 8.08. The molecular formula is C19H13F3N4O2S. The fraction of sp³-hybridized carbons (Fsp3) is 0.158. The Morgan fingerprint density at radius 1 is 0.931 bits per heavy atom. The van der Waals surface area contributed by atoms with Gasteiger partial charge in [-0.05, 0) is 17.7 Å². The van der Waals surface area contributed by atoms with Gasteiger partial charge in [0.05, 0.1) is 17.7 Å². The molecule has 2 aromatic heterocycles. The second-order valence-corrected chi connectivity index (χ2v) is 6.93. The van der Waals surface area contributed by atoms with Gasteiger partial charge in [-0.15, -0.1) is 10.2 Å². The van der Waals surface area contributed by atoms with E-state index >= 15 is 0 Å². The lowest BCUT2D eigenvalue weighted by atomic mass is 10.1. The lowest BCUT2D eigenvalue weighted by Gasteiger charge is -2.06. The summed E-state index contributed by atoms with van der Waals surface area (Å²) in [6, 6.07) is 14.5. The molecule has 6 nitrogen and oxygen atoms in total. The fourth-order valence-electron chi connectivity index (χ4n) is 2.53. The van der Waals surface area contributed by atoms with Crippen LogP contribution >= 0.6 is 11.8 Å². The topological polar surface area (TPSA) is 77.8 Å². The van der Waals surface area contributed by atoms with Crippen LogP contribution in [0.4, 0.5) is 13.2 Å². The van der Waals surface area contributed by atoms with E-state index in [2.05, 4.69) is 20.3 Å². The SMILES string of the molecule is FC(F)(F)c1cccc(-c2noc(CSc3nnc(Cc4ccccc4)o3)n2)c1. The summed E-state index contributed by atoms with van der Waals surface area (Å²) in [5, 5.41) is 12.1. The standard InChI is InChI=1S/C19H13F3N4O2S/c20-19(21,22)14-8-4-7-13(10-14)17-23-16(28-26-17)11-29-18-25-24-15(27-18)9-12-5-2-1-3-6-12/h1-8,10H,9,11H2. The van der Waals surface area contributed by atoms with Gasteiger partial charge in [0.1, 0.15) is 0 Å². The van der Waals surface area contributed by atoms with Crippen molar-refractivity contribution < 1.29 is 22.1 Å². The summed E-state index contributed by atoms with van der Waals surface area (Å²) in [5.74, 6) is 1.06. The van der Waals surface area contributed by atoms with E-state index in [-0.39, 0.29) is 23.0 Å². The summed E-state index contributed by atoms with van der Waals surface area (Å²) >= 11 is 1.20. The van der Waals surface area contributed by atoms with E-state index in [4.69, 9.17) is 8.94 Å². The first kappa shape index (κ1) is 19.2. The quantitative estimate of drug-likeness (QED) is 0.407. The normalized spacial score (nSPS) is 11.7. The minimum atomic E-state index is -4.44. The summed E-state index contributed by atoms with van der Waals surface area (Å²) < 4.78 is 49.2. The third kappa shape index (κ3) is 4.83. The number of nitrogens with zero attached hydrogens (tertiary/aromatic N) is 4. The molecule has 0 amide bonds. The van der Waals surface area contributed by atoms with Crippen molar-refractivity contribution in [2.45, 2.75) is 23.6 Å². The van der Waals surface area contributed by atoms with E-state index < -0.39 is 11.7 Å². The zero-order valence-corrected chi connectivity index (χ0v) is 15.6. The van der Waals surface area contributed by atoms with Gasteiger partial charge in [-0.1, -0.05) is 59.4 Å². The summed E-state index contributed by atoms with van der Waals surface area (Å²) in [4.78, 5) is 4.14. The van der Waals surface area contributed by atoms with Crippen LogP contribution in [0.2, 0.25) is 0 Å². The molecule has 0 fully saturated rings.